The van der Waals surface area contributed by atoms with Crippen LogP contribution >= 0.6 is 0 Å². The molecule has 0 heterocycles. The first-order valence-corrected chi connectivity index (χ1v) is 6.31. The van der Waals surface area contributed by atoms with Gasteiger partial charge in [-0.2, -0.15) is 0 Å². The van der Waals surface area contributed by atoms with Crippen molar-refractivity contribution in [3.63, 3.8) is 0 Å². The minimum atomic E-state index is -0.0969. The van der Waals surface area contributed by atoms with Gasteiger partial charge in [-0.3, -0.25) is 4.79 Å². The Morgan fingerprint density at radius 3 is 2.61 bits per heavy atom. The maximum atomic E-state index is 11.5. The highest BCUT2D eigenvalue weighted by atomic mass is 16.5. The summed E-state index contributed by atoms with van der Waals surface area (Å²) in [6.45, 7) is 7.66. The lowest BCUT2D eigenvalue weighted by Crippen LogP contribution is -2.40. The summed E-state index contributed by atoms with van der Waals surface area (Å²) in [5.41, 5.74) is 1.17. The number of aryl methyl sites for hydroxylation is 1. The Labute approximate surface area is 109 Å². The van der Waals surface area contributed by atoms with Crippen LogP contribution in [0.3, 0.4) is 0 Å². The molecule has 0 aliphatic carbocycles. The highest BCUT2D eigenvalue weighted by Crippen LogP contribution is 2.10. The molecular formula is C14H22N2O2. The van der Waals surface area contributed by atoms with E-state index in [2.05, 4.69) is 10.6 Å². The fraction of sp³-hybridized carbons (Fsp3) is 0.500. The summed E-state index contributed by atoms with van der Waals surface area (Å²) >= 11 is 0. The molecule has 0 radical (unpaired) electrons. The summed E-state index contributed by atoms with van der Waals surface area (Å²) in [6.07, 6.45) is 0. The number of carbonyl (C=O) groups excluding carboxylic acids is 1. The minimum absolute atomic E-state index is 0.0574. The maximum Gasteiger partial charge on any atom is 0.257 e. The third-order valence-electron chi connectivity index (χ3n) is 2.55. The largest absolute Gasteiger partial charge is 0.484 e. The van der Waals surface area contributed by atoms with Crippen LogP contribution in [0.4, 0.5) is 0 Å². The predicted octanol–water partition coefficient (Wildman–Crippen LogP) is 1.49. The Bertz CT molecular complexity index is 363. The summed E-state index contributed by atoms with van der Waals surface area (Å²) in [5.74, 6) is 0.621. The van der Waals surface area contributed by atoms with Crippen LogP contribution in [-0.4, -0.2) is 31.6 Å². The van der Waals surface area contributed by atoms with Gasteiger partial charge in [-0.1, -0.05) is 24.6 Å². The number of benzene rings is 1. The number of amides is 1. The van der Waals surface area contributed by atoms with Crippen molar-refractivity contribution < 1.29 is 9.53 Å². The Hall–Kier alpha value is -1.55. The second-order valence-corrected chi connectivity index (χ2v) is 4.36. The van der Waals surface area contributed by atoms with Crippen LogP contribution in [0.25, 0.3) is 0 Å². The average Bonchev–Trinajstić information content (AvgIpc) is 2.36. The molecule has 0 saturated carbocycles. The summed E-state index contributed by atoms with van der Waals surface area (Å²) in [6, 6.07) is 7.92. The summed E-state index contributed by atoms with van der Waals surface area (Å²) in [5, 5.41) is 6.05. The van der Waals surface area contributed by atoms with Crippen LogP contribution in [0, 0.1) is 6.92 Å². The van der Waals surface area contributed by atoms with E-state index in [1.54, 1.807) is 0 Å². The third-order valence-corrected chi connectivity index (χ3v) is 2.55. The Morgan fingerprint density at radius 2 is 2.00 bits per heavy atom. The molecule has 100 valence electrons. The minimum Gasteiger partial charge on any atom is -0.484 e. The van der Waals surface area contributed by atoms with E-state index in [0.29, 0.717) is 6.54 Å². The number of likely N-dealkylation sites (N-methyl/N-ethyl adjacent to an activating group) is 1. The molecule has 0 bridgehead atoms. The van der Waals surface area contributed by atoms with E-state index in [1.165, 1.54) is 5.56 Å². The van der Waals surface area contributed by atoms with Gasteiger partial charge in [0.15, 0.2) is 6.61 Å². The Morgan fingerprint density at radius 1 is 1.33 bits per heavy atom. The van der Waals surface area contributed by atoms with Crippen LogP contribution in [-0.2, 0) is 4.79 Å². The molecular weight excluding hydrogens is 228 g/mol. The van der Waals surface area contributed by atoms with E-state index >= 15 is 0 Å². The zero-order valence-corrected chi connectivity index (χ0v) is 11.3. The van der Waals surface area contributed by atoms with Crippen LogP contribution in [0.15, 0.2) is 24.3 Å². The standard InChI is InChI=1S/C14H22N2O2/c1-4-15-12(3)9-16-14(17)10-18-13-7-5-11(2)6-8-13/h5-8,12,15H,4,9-10H2,1-3H3,(H,16,17)/t12-/m1/s1. The van der Waals surface area contributed by atoms with Crippen molar-refractivity contribution in [1.29, 1.82) is 0 Å². The molecule has 0 spiro atoms. The maximum absolute atomic E-state index is 11.5. The van der Waals surface area contributed by atoms with Gasteiger partial charge in [0.05, 0.1) is 0 Å². The molecule has 1 aromatic rings. The van der Waals surface area contributed by atoms with Crippen LogP contribution in [0.5, 0.6) is 5.75 Å². The van der Waals surface area contributed by atoms with Crippen LogP contribution < -0.4 is 15.4 Å². The molecule has 1 aromatic carbocycles. The molecule has 4 heteroatoms. The molecule has 0 aliphatic rings. The SMILES string of the molecule is CCN[C@H](C)CNC(=O)COc1ccc(C)cc1. The number of rotatable bonds is 7. The third kappa shape index (κ3) is 5.68. The van der Waals surface area contributed by atoms with Crippen LogP contribution in [0.1, 0.15) is 19.4 Å². The number of nitrogens with one attached hydrogen (secondary N) is 2. The van der Waals surface area contributed by atoms with Gasteiger partial charge in [-0.25, -0.2) is 0 Å². The molecule has 4 nitrogen and oxygen atoms in total. The number of hydrogen-bond acceptors (Lipinski definition) is 3. The number of ether oxygens (including phenoxy) is 1. The molecule has 1 amide bonds. The molecule has 0 unspecified atom stereocenters. The number of hydrogen-bond donors (Lipinski definition) is 2. The molecule has 1 atom stereocenters. The average molecular weight is 250 g/mol. The zero-order chi connectivity index (χ0) is 13.4. The van der Waals surface area contributed by atoms with Gasteiger partial charge in [0.1, 0.15) is 5.75 Å². The highest BCUT2D eigenvalue weighted by molar-refractivity contribution is 5.77. The fourth-order valence-electron chi connectivity index (χ4n) is 1.52. The highest BCUT2D eigenvalue weighted by Gasteiger charge is 2.05. The molecule has 0 aromatic heterocycles. The van der Waals surface area contributed by atoms with Crippen molar-refractivity contribution in [2.45, 2.75) is 26.8 Å². The van der Waals surface area contributed by atoms with Gasteiger partial charge in [-0.05, 0) is 32.5 Å². The number of carbonyl (C=O) groups is 1. The van der Waals surface area contributed by atoms with Gasteiger partial charge < -0.3 is 15.4 Å². The molecule has 0 aliphatic heterocycles. The van der Waals surface area contributed by atoms with Crippen molar-refractivity contribution in [2.75, 3.05) is 19.7 Å². The molecule has 0 fully saturated rings. The topological polar surface area (TPSA) is 50.4 Å². The Balaban J connectivity index is 2.22. The van der Waals surface area contributed by atoms with Gasteiger partial charge in [0, 0.05) is 12.6 Å². The predicted molar refractivity (Wildman–Crippen MR) is 72.8 cm³/mol. The smallest absolute Gasteiger partial charge is 0.257 e. The molecule has 1 rings (SSSR count). The Kier molecular flexibility index (Phi) is 6.22. The van der Waals surface area contributed by atoms with Gasteiger partial charge in [0.2, 0.25) is 0 Å². The van der Waals surface area contributed by atoms with E-state index in [4.69, 9.17) is 4.74 Å². The first kappa shape index (κ1) is 14.5. The summed E-state index contributed by atoms with van der Waals surface area (Å²) in [7, 11) is 0. The van der Waals surface area contributed by atoms with Gasteiger partial charge in [0.25, 0.3) is 5.91 Å². The van der Waals surface area contributed by atoms with Crippen molar-refractivity contribution in [1.82, 2.24) is 10.6 Å². The van der Waals surface area contributed by atoms with Crippen molar-refractivity contribution >= 4 is 5.91 Å². The van der Waals surface area contributed by atoms with Crippen molar-refractivity contribution in [3.8, 4) is 5.75 Å². The van der Waals surface area contributed by atoms with Gasteiger partial charge >= 0.3 is 0 Å². The lowest BCUT2D eigenvalue weighted by atomic mass is 10.2. The lowest BCUT2D eigenvalue weighted by molar-refractivity contribution is -0.123. The van der Waals surface area contributed by atoms with E-state index in [-0.39, 0.29) is 18.6 Å². The monoisotopic (exact) mass is 250 g/mol. The molecule has 0 saturated heterocycles. The van der Waals surface area contributed by atoms with E-state index < -0.39 is 0 Å². The summed E-state index contributed by atoms with van der Waals surface area (Å²) < 4.78 is 5.38. The fourth-order valence-corrected chi connectivity index (χ4v) is 1.52. The molecule has 18 heavy (non-hydrogen) atoms. The first-order chi connectivity index (χ1) is 8.61. The normalized spacial score (nSPS) is 11.9. The van der Waals surface area contributed by atoms with E-state index in [9.17, 15) is 4.79 Å². The first-order valence-electron chi connectivity index (χ1n) is 6.31. The van der Waals surface area contributed by atoms with Crippen molar-refractivity contribution in [3.05, 3.63) is 29.8 Å². The van der Waals surface area contributed by atoms with E-state index in [1.807, 2.05) is 45.0 Å². The van der Waals surface area contributed by atoms with E-state index in [0.717, 1.165) is 12.3 Å². The second-order valence-electron chi connectivity index (χ2n) is 4.36. The van der Waals surface area contributed by atoms with Gasteiger partial charge in [-0.15, -0.1) is 0 Å². The second kappa shape index (κ2) is 7.71. The summed E-state index contributed by atoms with van der Waals surface area (Å²) in [4.78, 5) is 11.5. The zero-order valence-electron chi connectivity index (χ0n) is 11.3. The van der Waals surface area contributed by atoms with Crippen molar-refractivity contribution in [2.24, 2.45) is 0 Å². The quantitative estimate of drug-likeness (QED) is 0.771. The van der Waals surface area contributed by atoms with Crippen LogP contribution in [0.2, 0.25) is 0 Å². The molecule has 2 N–H and O–H groups in total. The lowest BCUT2D eigenvalue weighted by Gasteiger charge is -2.13.